The first-order valence-corrected chi connectivity index (χ1v) is 13.6. The van der Waals surface area contributed by atoms with Crippen LogP contribution in [0.25, 0.3) is 10.9 Å². The number of piperidine rings is 1. The molecule has 2 fully saturated rings. The number of aryl methyl sites for hydroxylation is 1. The van der Waals surface area contributed by atoms with Gasteiger partial charge in [-0.2, -0.15) is 10.5 Å². The number of hydrogen-bond donors (Lipinski definition) is 1. The van der Waals surface area contributed by atoms with Crippen molar-refractivity contribution in [2.75, 3.05) is 44.3 Å². The molecule has 3 heterocycles. The van der Waals surface area contributed by atoms with Crippen molar-refractivity contribution in [2.45, 2.75) is 51.0 Å². The Morgan fingerprint density at radius 3 is 2.45 bits per heavy atom. The number of morpholine rings is 1. The van der Waals surface area contributed by atoms with Gasteiger partial charge >= 0.3 is 0 Å². The van der Waals surface area contributed by atoms with Crippen LogP contribution >= 0.6 is 0 Å². The number of benzene rings is 2. The molecule has 1 aromatic heterocycles. The predicted octanol–water partition coefficient (Wildman–Crippen LogP) is 4.67. The Balaban J connectivity index is 1.35. The van der Waals surface area contributed by atoms with Gasteiger partial charge in [0.05, 0.1) is 36.5 Å². The Morgan fingerprint density at radius 1 is 1.05 bits per heavy atom. The number of H-pyrrole nitrogens is 1. The lowest BCUT2D eigenvalue weighted by Crippen LogP contribution is -2.57. The molecule has 0 saturated carbocycles. The molecule has 0 amide bonds. The zero-order valence-electron chi connectivity index (χ0n) is 22.4. The molecule has 1 aliphatic carbocycles. The number of aromatic nitrogens is 1. The van der Waals surface area contributed by atoms with Gasteiger partial charge in [0.1, 0.15) is 5.54 Å². The summed E-state index contributed by atoms with van der Waals surface area (Å²) in [6.07, 6.45) is 2.33. The van der Waals surface area contributed by atoms with Crippen molar-refractivity contribution in [1.82, 2.24) is 9.88 Å². The summed E-state index contributed by atoms with van der Waals surface area (Å²) >= 11 is 0. The largest absolute Gasteiger partial charge is 0.379 e. The Kier molecular flexibility index (Phi) is 5.83. The molecule has 0 unspecified atom stereocenters. The summed E-state index contributed by atoms with van der Waals surface area (Å²) in [5, 5.41) is 20.6. The second-order valence-corrected chi connectivity index (χ2v) is 11.3. The van der Waals surface area contributed by atoms with Crippen molar-refractivity contribution < 1.29 is 9.53 Å². The Bertz CT molecular complexity index is 1520. The highest BCUT2D eigenvalue weighted by atomic mass is 16.5. The summed E-state index contributed by atoms with van der Waals surface area (Å²) < 4.78 is 5.51. The van der Waals surface area contributed by atoms with Gasteiger partial charge in [-0.05, 0) is 60.7 Å². The number of aromatic amines is 1. The van der Waals surface area contributed by atoms with Gasteiger partial charge in [0, 0.05) is 59.4 Å². The number of ketones is 1. The molecule has 38 heavy (non-hydrogen) atoms. The van der Waals surface area contributed by atoms with Crippen LogP contribution in [0.1, 0.15) is 71.9 Å². The van der Waals surface area contributed by atoms with Gasteiger partial charge in [-0.15, -0.1) is 0 Å². The summed E-state index contributed by atoms with van der Waals surface area (Å²) in [6, 6.07) is 14.9. The molecule has 6 rings (SSSR count). The van der Waals surface area contributed by atoms with Gasteiger partial charge in [-0.25, -0.2) is 0 Å². The number of carbonyl (C=O) groups is 1. The molecule has 3 aromatic rings. The quantitative estimate of drug-likeness (QED) is 0.554. The van der Waals surface area contributed by atoms with Gasteiger partial charge in [-0.1, -0.05) is 20.8 Å². The van der Waals surface area contributed by atoms with Crippen LogP contribution in [-0.2, 0) is 16.6 Å². The van der Waals surface area contributed by atoms with Crippen LogP contribution in [0.2, 0.25) is 0 Å². The molecule has 0 atom stereocenters. The normalized spacial score (nSPS) is 20.4. The van der Waals surface area contributed by atoms with Crippen LogP contribution in [0.15, 0.2) is 30.3 Å². The number of hydrogen-bond acceptors (Lipinski definition) is 6. The number of nitrogens with zero attached hydrogens (tertiary/aromatic N) is 4. The maximum Gasteiger partial charge on any atom is 0.195 e. The maximum atomic E-state index is 13.9. The molecule has 194 valence electrons. The summed E-state index contributed by atoms with van der Waals surface area (Å²) in [7, 11) is 0. The van der Waals surface area contributed by atoms with E-state index in [9.17, 15) is 15.3 Å². The fourth-order valence-electron chi connectivity index (χ4n) is 6.80. The predicted molar refractivity (Wildman–Crippen MR) is 147 cm³/mol. The van der Waals surface area contributed by atoms with Gasteiger partial charge in [-0.3, -0.25) is 9.69 Å². The van der Waals surface area contributed by atoms with E-state index in [1.807, 2.05) is 18.2 Å². The molecule has 7 heteroatoms. The first-order valence-electron chi connectivity index (χ1n) is 13.6. The van der Waals surface area contributed by atoms with E-state index in [0.29, 0.717) is 18.8 Å². The number of anilines is 1. The summed E-state index contributed by atoms with van der Waals surface area (Å²) in [4.78, 5) is 22.1. The minimum absolute atomic E-state index is 0.0426. The molecular weight excluding hydrogens is 474 g/mol. The topological polar surface area (TPSA) is 96.2 Å². The SMILES string of the molecule is CCc1cc(C#N)cc2[nH]c3c(c12)C(=O)c1ccc(N2CCC(C#N)(N4CCOCC4)CC2)cc1C3(C)C. The summed E-state index contributed by atoms with van der Waals surface area (Å²) in [6.45, 7) is 11.0. The van der Waals surface area contributed by atoms with E-state index in [-0.39, 0.29) is 5.78 Å². The molecule has 0 bridgehead atoms. The second kappa shape index (κ2) is 8.98. The zero-order valence-corrected chi connectivity index (χ0v) is 22.4. The third kappa shape index (κ3) is 3.57. The summed E-state index contributed by atoms with van der Waals surface area (Å²) in [5.41, 5.74) is 6.16. The minimum Gasteiger partial charge on any atom is -0.379 e. The number of ether oxygens (including phenoxy) is 1. The molecule has 0 radical (unpaired) electrons. The van der Waals surface area contributed by atoms with E-state index in [1.54, 1.807) is 0 Å². The monoisotopic (exact) mass is 507 g/mol. The molecule has 1 N–H and O–H groups in total. The van der Waals surface area contributed by atoms with Crippen molar-refractivity contribution in [3.63, 3.8) is 0 Å². The number of nitrogens with one attached hydrogen (secondary N) is 1. The zero-order chi connectivity index (χ0) is 26.7. The Labute approximate surface area is 223 Å². The average molecular weight is 508 g/mol. The Hall–Kier alpha value is -3.65. The van der Waals surface area contributed by atoms with Gasteiger partial charge in [0.2, 0.25) is 0 Å². The number of fused-ring (bicyclic) bond motifs is 4. The fraction of sp³-hybridized carbons (Fsp3) is 0.452. The lowest BCUT2D eigenvalue weighted by molar-refractivity contribution is -0.0108. The first kappa shape index (κ1) is 24.7. The van der Waals surface area contributed by atoms with E-state index in [0.717, 1.165) is 90.0 Å². The molecule has 2 aliphatic heterocycles. The van der Waals surface area contributed by atoms with E-state index in [1.165, 1.54) is 0 Å². The molecular formula is C31H33N5O2. The smallest absolute Gasteiger partial charge is 0.195 e. The third-order valence-electron chi connectivity index (χ3n) is 9.04. The van der Waals surface area contributed by atoms with Crippen LogP contribution < -0.4 is 4.90 Å². The summed E-state index contributed by atoms with van der Waals surface area (Å²) in [5.74, 6) is 0.0426. The minimum atomic E-state index is -0.428. The second-order valence-electron chi connectivity index (χ2n) is 11.3. The van der Waals surface area contributed by atoms with Crippen molar-refractivity contribution >= 4 is 22.4 Å². The molecule has 3 aliphatic rings. The van der Waals surface area contributed by atoms with Crippen molar-refractivity contribution in [1.29, 1.82) is 10.5 Å². The van der Waals surface area contributed by atoms with Crippen molar-refractivity contribution in [2.24, 2.45) is 0 Å². The highest BCUT2D eigenvalue weighted by Crippen LogP contribution is 2.46. The van der Waals surface area contributed by atoms with E-state index < -0.39 is 11.0 Å². The lowest BCUT2D eigenvalue weighted by atomic mass is 9.71. The van der Waals surface area contributed by atoms with E-state index >= 15 is 0 Å². The van der Waals surface area contributed by atoms with Crippen LogP contribution in [0, 0.1) is 22.7 Å². The highest BCUT2D eigenvalue weighted by Gasteiger charge is 2.43. The van der Waals surface area contributed by atoms with Crippen LogP contribution in [0.3, 0.4) is 0 Å². The number of carbonyl (C=O) groups excluding carboxylic acids is 1. The van der Waals surface area contributed by atoms with Gasteiger partial charge in [0.15, 0.2) is 5.78 Å². The standard InChI is InChI=1S/C31H33N5O2/c1-4-21-15-20(18-32)16-25-26(21)27-28(37)23-6-5-22(17-24(23)30(2,3)29(27)34-25)35-9-7-31(19-33,8-10-35)36-11-13-38-14-12-36/h5-6,15-17,34H,4,7-14H2,1-3H3. The fourth-order valence-corrected chi connectivity index (χ4v) is 6.80. The highest BCUT2D eigenvalue weighted by molar-refractivity contribution is 6.20. The van der Waals surface area contributed by atoms with Gasteiger partial charge in [0.25, 0.3) is 0 Å². The molecule has 0 spiro atoms. The maximum absolute atomic E-state index is 13.9. The van der Waals surface area contributed by atoms with Crippen LogP contribution in [0.4, 0.5) is 5.69 Å². The number of nitriles is 2. The Morgan fingerprint density at radius 2 is 1.79 bits per heavy atom. The van der Waals surface area contributed by atoms with Crippen LogP contribution in [0.5, 0.6) is 0 Å². The molecule has 7 nitrogen and oxygen atoms in total. The number of rotatable bonds is 3. The lowest BCUT2D eigenvalue weighted by Gasteiger charge is -2.46. The van der Waals surface area contributed by atoms with E-state index in [2.05, 4.69) is 59.8 Å². The van der Waals surface area contributed by atoms with Gasteiger partial charge < -0.3 is 14.6 Å². The average Bonchev–Trinajstić information content (AvgIpc) is 3.37. The van der Waals surface area contributed by atoms with Crippen LogP contribution in [-0.4, -0.2) is 60.6 Å². The third-order valence-corrected chi connectivity index (χ3v) is 9.04. The van der Waals surface area contributed by atoms with Crippen molar-refractivity contribution in [3.05, 3.63) is 63.8 Å². The molecule has 2 aromatic carbocycles. The first-order chi connectivity index (χ1) is 18.3. The molecule has 2 saturated heterocycles. The van der Waals surface area contributed by atoms with E-state index in [4.69, 9.17) is 4.74 Å². The van der Waals surface area contributed by atoms with Crippen molar-refractivity contribution in [3.8, 4) is 12.1 Å².